The first kappa shape index (κ1) is 12.5. The van der Waals surface area contributed by atoms with Crippen molar-refractivity contribution in [1.82, 2.24) is 29.4 Å². The predicted molar refractivity (Wildman–Crippen MR) is 68.1 cm³/mol. The Balaban J connectivity index is 1.84. The van der Waals surface area contributed by atoms with E-state index in [1.54, 1.807) is 23.8 Å². The lowest BCUT2D eigenvalue weighted by molar-refractivity contribution is 0.0775. The van der Waals surface area contributed by atoms with Gasteiger partial charge in [-0.05, 0) is 0 Å². The Kier molecular flexibility index (Phi) is 3.07. The van der Waals surface area contributed by atoms with Crippen LogP contribution in [0, 0.1) is 0 Å². The molecule has 3 aromatic heterocycles. The van der Waals surface area contributed by atoms with E-state index >= 15 is 0 Å². The molecule has 3 rings (SSSR count). The van der Waals surface area contributed by atoms with Crippen LogP contribution in [0.4, 0.5) is 0 Å². The first-order valence-electron chi connectivity index (χ1n) is 5.64. The van der Waals surface area contributed by atoms with E-state index in [4.69, 9.17) is 11.6 Å². The van der Waals surface area contributed by atoms with Crippen molar-refractivity contribution in [3.8, 4) is 0 Å². The van der Waals surface area contributed by atoms with Crippen molar-refractivity contribution in [2.24, 2.45) is 0 Å². The molecule has 0 unspecified atom stereocenters. The molecule has 0 fully saturated rings. The van der Waals surface area contributed by atoms with Gasteiger partial charge in [-0.25, -0.2) is 9.97 Å². The third-order valence-electron chi connectivity index (χ3n) is 2.63. The smallest absolute Gasteiger partial charge is 0.274 e. The fourth-order valence-corrected chi connectivity index (χ4v) is 1.86. The minimum atomic E-state index is -0.267. The van der Waals surface area contributed by atoms with Crippen LogP contribution in [0.2, 0.25) is 5.02 Å². The van der Waals surface area contributed by atoms with Crippen LogP contribution in [0.25, 0.3) is 5.78 Å². The highest BCUT2D eigenvalue weighted by molar-refractivity contribution is 6.30. The van der Waals surface area contributed by atoms with Gasteiger partial charge in [0.05, 0.1) is 17.8 Å². The average molecular weight is 293 g/mol. The maximum Gasteiger partial charge on any atom is 0.274 e. The van der Waals surface area contributed by atoms with Gasteiger partial charge in [-0.2, -0.15) is 4.98 Å². The standard InChI is InChI=1S/C11H9ClN6O2/c1-17(5-9-14-6-20-16-9)10(19)8-4-18-3-7(12)2-13-11(18)15-8/h2-4,6H,5H2,1H3. The molecule has 0 aliphatic carbocycles. The molecule has 0 spiro atoms. The SMILES string of the molecule is CN(Cc1ncon1)C(=O)c1cn2cc(Cl)cnc2n1. The highest BCUT2D eigenvalue weighted by atomic mass is 35.5. The van der Waals surface area contributed by atoms with Gasteiger partial charge >= 0.3 is 0 Å². The highest BCUT2D eigenvalue weighted by Crippen LogP contribution is 2.10. The van der Waals surface area contributed by atoms with Gasteiger partial charge in [0.15, 0.2) is 5.82 Å². The molecule has 0 aromatic carbocycles. The minimum Gasteiger partial charge on any atom is -0.343 e. The molecule has 0 aliphatic heterocycles. The summed E-state index contributed by atoms with van der Waals surface area (Å²) >= 11 is 5.83. The summed E-state index contributed by atoms with van der Waals surface area (Å²) in [4.78, 5) is 25.7. The number of hydrogen-bond acceptors (Lipinski definition) is 6. The van der Waals surface area contributed by atoms with E-state index in [1.165, 1.54) is 17.5 Å². The molecular weight excluding hydrogens is 284 g/mol. The van der Waals surface area contributed by atoms with Crippen LogP contribution >= 0.6 is 11.6 Å². The normalized spacial score (nSPS) is 10.9. The number of fused-ring (bicyclic) bond motifs is 1. The predicted octanol–water partition coefficient (Wildman–Crippen LogP) is 1.04. The van der Waals surface area contributed by atoms with Gasteiger partial charge in [-0.15, -0.1) is 0 Å². The van der Waals surface area contributed by atoms with Crippen LogP contribution in [0.5, 0.6) is 0 Å². The second kappa shape index (κ2) is 4.89. The largest absolute Gasteiger partial charge is 0.343 e. The van der Waals surface area contributed by atoms with Gasteiger partial charge in [-0.3, -0.25) is 9.20 Å². The summed E-state index contributed by atoms with van der Waals surface area (Å²) in [6.07, 6.45) is 5.89. The zero-order chi connectivity index (χ0) is 14.1. The molecule has 1 amide bonds. The molecule has 3 aromatic rings. The number of imidazole rings is 1. The first-order chi connectivity index (χ1) is 9.63. The van der Waals surface area contributed by atoms with Gasteiger partial charge in [0.25, 0.3) is 5.91 Å². The van der Waals surface area contributed by atoms with Crippen LogP contribution in [-0.4, -0.2) is 42.4 Å². The molecule has 3 heterocycles. The topological polar surface area (TPSA) is 89.4 Å². The maximum absolute atomic E-state index is 12.2. The Bertz CT molecular complexity index is 753. The van der Waals surface area contributed by atoms with Crippen molar-refractivity contribution in [1.29, 1.82) is 0 Å². The summed E-state index contributed by atoms with van der Waals surface area (Å²) in [5, 5.41) is 4.12. The summed E-state index contributed by atoms with van der Waals surface area (Å²) in [6, 6.07) is 0. The van der Waals surface area contributed by atoms with Crippen LogP contribution in [-0.2, 0) is 6.54 Å². The molecule has 0 saturated carbocycles. The van der Waals surface area contributed by atoms with Crippen LogP contribution in [0.15, 0.2) is 29.5 Å². The van der Waals surface area contributed by atoms with E-state index in [1.807, 2.05) is 0 Å². The number of nitrogens with zero attached hydrogens (tertiary/aromatic N) is 6. The van der Waals surface area contributed by atoms with E-state index < -0.39 is 0 Å². The van der Waals surface area contributed by atoms with Crippen molar-refractivity contribution in [2.45, 2.75) is 6.54 Å². The Hall–Kier alpha value is -2.48. The number of aromatic nitrogens is 5. The second-order valence-corrected chi connectivity index (χ2v) is 4.55. The quantitative estimate of drug-likeness (QED) is 0.716. The second-order valence-electron chi connectivity index (χ2n) is 4.11. The number of hydrogen-bond donors (Lipinski definition) is 0. The summed E-state index contributed by atoms with van der Waals surface area (Å²) in [7, 11) is 1.63. The summed E-state index contributed by atoms with van der Waals surface area (Å²) < 4.78 is 6.21. The summed E-state index contributed by atoms with van der Waals surface area (Å²) in [5.74, 6) is 0.563. The van der Waals surface area contributed by atoms with Gasteiger partial charge in [-0.1, -0.05) is 16.8 Å². The number of halogens is 1. The van der Waals surface area contributed by atoms with Crippen molar-refractivity contribution in [3.05, 3.63) is 41.5 Å². The molecule has 0 radical (unpaired) electrons. The molecule has 0 atom stereocenters. The van der Waals surface area contributed by atoms with Gasteiger partial charge in [0, 0.05) is 19.4 Å². The Morgan fingerprint density at radius 3 is 3.05 bits per heavy atom. The van der Waals surface area contributed by atoms with Gasteiger partial charge < -0.3 is 9.42 Å². The van der Waals surface area contributed by atoms with Crippen molar-refractivity contribution in [2.75, 3.05) is 7.05 Å². The van der Waals surface area contributed by atoms with Crippen molar-refractivity contribution < 1.29 is 9.32 Å². The van der Waals surface area contributed by atoms with Gasteiger partial charge in [0.2, 0.25) is 12.2 Å². The number of carbonyl (C=O) groups is 1. The van der Waals surface area contributed by atoms with Crippen LogP contribution in [0.3, 0.4) is 0 Å². The maximum atomic E-state index is 12.2. The Labute approximate surface area is 118 Å². The minimum absolute atomic E-state index is 0.234. The lowest BCUT2D eigenvalue weighted by Gasteiger charge is -2.12. The van der Waals surface area contributed by atoms with Crippen LogP contribution in [0.1, 0.15) is 16.3 Å². The lowest BCUT2D eigenvalue weighted by Crippen LogP contribution is -2.27. The zero-order valence-corrected chi connectivity index (χ0v) is 11.2. The molecule has 0 saturated heterocycles. The van der Waals surface area contributed by atoms with E-state index in [9.17, 15) is 4.79 Å². The fourth-order valence-electron chi connectivity index (χ4n) is 1.70. The molecule has 20 heavy (non-hydrogen) atoms. The molecular formula is C11H9ClN6O2. The fraction of sp³-hybridized carbons (Fsp3) is 0.182. The third kappa shape index (κ3) is 2.32. The third-order valence-corrected chi connectivity index (χ3v) is 2.83. The summed E-state index contributed by atoms with van der Waals surface area (Å²) in [6.45, 7) is 0.234. The molecule has 0 bridgehead atoms. The summed E-state index contributed by atoms with van der Waals surface area (Å²) in [5.41, 5.74) is 0.269. The molecule has 8 nitrogen and oxygen atoms in total. The van der Waals surface area contributed by atoms with E-state index in [-0.39, 0.29) is 18.1 Å². The number of carbonyl (C=O) groups excluding carboxylic acids is 1. The van der Waals surface area contributed by atoms with E-state index in [0.717, 1.165) is 0 Å². The number of amides is 1. The molecule has 0 N–H and O–H groups in total. The first-order valence-corrected chi connectivity index (χ1v) is 6.02. The van der Waals surface area contributed by atoms with E-state index in [0.29, 0.717) is 16.6 Å². The molecule has 9 heteroatoms. The van der Waals surface area contributed by atoms with Crippen LogP contribution < -0.4 is 0 Å². The van der Waals surface area contributed by atoms with E-state index in [2.05, 4.69) is 24.6 Å². The Morgan fingerprint density at radius 1 is 1.45 bits per heavy atom. The zero-order valence-electron chi connectivity index (χ0n) is 10.4. The lowest BCUT2D eigenvalue weighted by atomic mass is 10.4. The highest BCUT2D eigenvalue weighted by Gasteiger charge is 2.17. The van der Waals surface area contributed by atoms with Crippen molar-refractivity contribution >= 4 is 23.3 Å². The Morgan fingerprint density at radius 2 is 2.30 bits per heavy atom. The number of rotatable bonds is 3. The monoisotopic (exact) mass is 292 g/mol. The molecule has 102 valence electrons. The van der Waals surface area contributed by atoms with Gasteiger partial charge in [0.1, 0.15) is 5.69 Å². The average Bonchev–Trinajstić information content (AvgIpc) is 3.06. The molecule has 0 aliphatic rings. The van der Waals surface area contributed by atoms with Crippen molar-refractivity contribution in [3.63, 3.8) is 0 Å².